The fraction of sp³-hybridized carbons (Fsp3) is 0.556. The number of aliphatic hydroxyl groups excluding tert-OH is 1. The number of aliphatic hydroxyl groups is 1. The number of rotatable bonds is 0. The maximum atomic E-state index is 9.37. The summed E-state index contributed by atoms with van der Waals surface area (Å²) in [5, 5.41) is 9.37. The Balaban J connectivity index is 2.34. The summed E-state index contributed by atoms with van der Waals surface area (Å²) in [5.41, 5.74) is 1.38. The van der Waals surface area contributed by atoms with E-state index in [1.807, 2.05) is 11.3 Å². The molecular weight excluding hydrogens is 156 g/mol. The van der Waals surface area contributed by atoms with Crippen LogP contribution in [0.4, 0.5) is 0 Å². The fourth-order valence-corrected chi connectivity index (χ4v) is 2.74. The van der Waals surface area contributed by atoms with Crippen LogP contribution in [0.2, 0.25) is 0 Å². The van der Waals surface area contributed by atoms with E-state index in [1.54, 1.807) is 0 Å². The fourth-order valence-electron chi connectivity index (χ4n) is 1.65. The van der Waals surface area contributed by atoms with Gasteiger partial charge >= 0.3 is 0 Å². The lowest BCUT2D eigenvalue weighted by molar-refractivity contribution is 0.159. The van der Waals surface area contributed by atoms with E-state index in [0.29, 0.717) is 0 Å². The van der Waals surface area contributed by atoms with Gasteiger partial charge in [-0.15, -0.1) is 11.3 Å². The molecule has 0 radical (unpaired) electrons. The van der Waals surface area contributed by atoms with Crippen LogP contribution < -0.4 is 0 Å². The predicted octanol–water partition coefficient (Wildman–Crippen LogP) is 1.91. The molecule has 1 nitrogen and oxygen atoms in total. The molecule has 0 amide bonds. The first-order chi connectivity index (χ1) is 5.25. The molecule has 1 N–H and O–H groups in total. The van der Waals surface area contributed by atoms with Gasteiger partial charge in [0.05, 0.1) is 6.10 Å². The Morgan fingerprint density at radius 2 is 2.45 bits per heavy atom. The van der Waals surface area contributed by atoms with Crippen molar-refractivity contribution in [1.82, 2.24) is 0 Å². The average molecular weight is 168 g/mol. The molecule has 1 aromatic heterocycles. The minimum absolute atomic E-state index is 0.0866. The molecule has 2 heteroatoms. The number of thiophene rings is 1. The highest BCUT2D eigenvalue weighted by molar-refractivity contribution is 7.12. The molecule has 1 aliphatic rings. The molecular formula is C9H12OS. The number of fused-ring (bicyclic) bond motifs is 1. The van der Waals surface area contributed by atoms with Crippen LogP contribution in [0.3, 0.4) is 0 Å². The number of hydrogen-bond donors (Lipinski definition) is 1. The van der Waals surface area contributed by atoms with Gasteiger partial charge in [0.15, 0.2) is 0 Å². The van der Waals surface area contributed by atoms with Crippen molar-refractivity contribution in [2.45, 2.75) is 32.3 Å². The smallest absolute Gasteiger partial charge is 0.0584 e. The van der Waals surface area contributed by atoms with Gasteiger partial charge in [-0.2, -0.15) is 0 Å². The molecule has 0 saturated heterocycles. The van der Waals surface area contributed by atoms with Crippen molar-refractivity contribution >= 4 is 11.3 Å². The molecule has 1 atom stereocenters. The van der Waals surface area contributed by atoms with E-state index in [2.05, 4.69) is 13.0 Å². The van der Waals surface area contributed by atoms with Gasteiger partial charge in [-0.1, -0.05) is 0 Å². The average Bonchev–Trinajstić information content (AvgIpc) is 2.27. The van der Waals surface area contributed by atoms with Gasteiger partial charge in [0.1, 0.15) is 0 Å². The van der Waals surface area contributed by atoms with E-state index in [0.717, 1.165) is 19.3 Å². The quantitative estimate of drug-likeness (QED) is 0.627. The predicted molar refractivity (Wildman–Crippen MR) is 47.1 cm³/mol. The van der Waals surface area contributed by atoms with Crippen molar-refractivity contribution in [1.29, 1.82) is 0 Å². The SMILES string of the molecule is Cc1cc2c(s1)CCC(O)C2. The standard InChI is InChI=1S/C9H12OS/c1-6-4-7-5-8(10)2-3-9(7)11-6/h4,8,10H,2-3,5H2,1H3. The first-order valence-corrected chi connectivity index (χ1v) is 4.83. The summed E-state index contributed by atoms with van der Waals surface area (Å²) in [6.07, 6.45) is 2.82. The third-order valence-corrected chi connectivity index (χ3v) is 3.33. The minimum atomic E-state index is -0.0866. The van der Waals surface area contributed by atoms with Crippen molar-refractivity contribution in [3.63, 3.8) is 0 Å². The maximum Gasteiger partial charge on any atom is 0.0584 e. The Kier molecular flexibility index (Phi) is 1.74. The Morgan fingerprint density at radius 1 is 1.64 bits per heavy atom. The Bertz CT molecular complexity index is 265. The molecule has 0 aromatic carbocycles. The van der Waals surface area contributed by atoms with Crippen LogP contribution in [-0.2, 0) is 12.8 Å². The molecule has 1 aliphatic carbocycles. The highest BCUT2D eigenvalue weighted by Crippen LogP contribution is 2.28. The molecule has 0 bridgehead atoms. The number of aryl methyl sites for hydroxylation is 2. The second kappa shape index (κ2) is 2.61. The highest BCUT2D eigenvalue weighted by Gasteiger charge is 2.17. The molecule has 1 aromatic rings. The van der Waals surface area contributed by atoms with Crippen molar-refractivity contribution < 1.29 is 5.11 Å². The van der Waals surface area contributed by atoms with Crippen LogP contribution in [0.1, 0.15) is 21.7 Å². The summed E-state index contributed by atoms with van der Waals surface area (Å²) in [6.45, 7) is 2.13. The van der Waals surface area contributed by atoms with E-state index in [9.17, 15) is 5.11 Å². The summed E-state index contributed by atoms with van der Waals surface area (Å²) in [7, 11) is 0. The molecule has 0 aliphatic heterocycles. The molecule has 0 saturated carbocycles. The van der Waals surface area contributed by atoms with Crippen molar-refractivity contribution in [2.24, 2.45) is 0 Å². The van der Waals surface area contributed by atoms with Crippen molar-refractivity contribution in [2.75, 3.05) is 0 Å². The summed E-state index contributed by atoms with van der Waals surface area (Å²) >= 11 is 1.88. The van der Waals surface area contributed by atoms with Gasteiger partial charge in [-0.05, 0) is 37.8 Å². The highest BCUT2D eigenvalue weighted by atomic mass is 32.1. The van der Waals surface area contributed by atoms with E-state index in [4.69, 9.17) is 0 Å². The normalized spacial score (nSPS) is 23.3. The monoisotopic (exact) mass is 168 g/mol. The van der Waals surface area contributed by atoms with Gasteiger partial charge in [-0.25, -0.2) is 0 Å². The van der Waals surface area contributed by atoms with Crippen LogP contribution in [0, 0.1) is 6.92 Å². The molecule has 1 heterocycles. The van der Waals surface area contributed by atoms with Gasteiger partial charge in [0.2, 0.25) is 0 Å². The molecule has 11 heavy (non-hydrogen) atoms. The first kappa shape index (κ1) is 7.32. The largest absolute Gasteiger partial charge is 0.393 e. The zero-order chi connectivity index (χ0) is 7.84. The lowest BCUT2D eigenvalue weighted by Crippen LogP contribution is -2.16. The third-order valence-electron chi connectivity index (χ3n) is 2.18. The second-order valence-corrected chi connectivity index (χ2v) is 4.54. The number of hydrogen-bond acceptors (Lipinski definition) is 2. The van der Waals surface area contributed by atoms with E-state index in [1.165, 1.54) is 15.3 Å². The zero-order valence-electron chi connectivity index (χ0n) is 6.63. The summed E-state index contributed by atoms with van der Waals surface area (Å²) in [5.74, 6) is 0. The van der Waals surface area contributed by atoms with Gasteiger partial charge in [0, 0.05) is 9.75 Å². The molecule has 2 rings (SSSR count). The van der Waals surface area contributed by atoms with Crippen LogP contribution in [-0.4, -0.2) is 11.2 Å². The lowest BCUT2D eigenvalue weighted by Gasteiger charge is -2.16. The van der Waals surface area contributed by atoms with E-state index < -0.39 is 0 Å². The first-order valence-electron chi connectivity index (χ1n) is 4.02. The van der Waals surface area contributed by atoms with E-state index in [-0.39, 0.29) is 6.10 Å². The Hall–Kier alpha value is -0.340. The van der Waals surface area contributed by atoms with Crippen molar-refractivity contribution in [3.8, 4) is 0 Å². The second-order valence-electron chi connectivity index (χ2n) is 3.20. The van der Waals surface area contributed by atoms with Crippen molar-refractivity contribution in [3.05, 3.63) is 21.4 Å². The Morgan fingerprint density at radius 3 is 3.27 bits per heavy atom. The molecule has 1 unspecified atom stereocenters. The summed E-state index contributed by atoms with van der Waals surface area (Å²) < 4.78 is 0. The van der Waals surface area contributed by atoms with Crippen LogP contribution >= 0.6 is 11.3 Å². The third kappa shape index (κ3) is 1.33. The maximum absolute atomic E-state index is 9.37. The lowest BCUT2D eigenvalue weighted by atomic mass is 9.97. The molecule has 60 valence electrons. The van der Waals surface area contributed by atoms with Crippen LogP contribution in [0.5, 0.6) is 0 Å². The topological polar surface area (TPSA) is 20.2 Å². The summed E-state index contributed by atoms with van der Waals surface area (Å²) in [6, 6.07) is 2.21. The zero-order valence-corrected chi connectivity index (χ0v) is 7.45. The minimum Gasteiger partial charge on any atom is -0.393 e. The van der Waals surface area contributed by atoms with Crippen LogP contribution in [0.25, 0.3) is 0 Å². The van der Waals surface area contributed by atoms with Gasteiger partial charge in [0.25, 0.3) is 0 Å². The van der Waals surface area contributed by atoms with Gasteiger partial charge in [-0.3, -0.25) is 0 Å². The molecule has 0 fully saturated rings. The van der Waals surface area contributed by atoms with E-state index >= 15 is 0 Å². The molecule has 0 spiro atoms. The Labute approximate surface area is 70.7 Å². The van der Waals surface area contributed by atoms with Gasteiger partial charge < -0.3 is 5.11 Å². The summed E-state index contributed by atoms with van der Waals surface area (Å²) in [4.78, 5) is 2.87. The van der Waals surface area contributed by atoms with Crippen LogP contribution in [0.15, 0.2) is 6.07 Å².